The van der Waals surface area contributed by atoms with Gasteiger partial charge in [0.25, 0.3) is 0 Å². The van der Waals surface area contributed by atoms with Gasteiger partial charge in [-0.2, -0.15) is 0 Å². The van der Waals surface area contributed by atoms with Crippen LogP contribution in [0.15, 0.2) is 30.3 Å². The van der Waals surface area contributed by atoms with Gasteiger partial charge in [0.05, 0.1) is 6.61 Å². The second-order valence-electron chi connectivity index (χ2n) is 6.00. The smallest absolute Gasteiger partial charge is 0.0622 e. The van der Waals surface area contributed by atoms with Gasteiger partial charge in [-0.25, -0.2) is 0 Å². The Labute approximate surface area is 129 Å². The lowest BCUT2D eigenvalue weighted by Crippen LogP contribution is -2.47. The van der Waals surface area contributed by atoms with Crippen LogP contribution in [0.25, 0.3) is 0 Å². The van der Waals surface area contributed by atoms with Crippen molar-refractivity contribution in [1.29, 1.82) is 0 Å². The fourth-order valence-electron chi connectivity index (χ4n) is 3.31. The lowest BCUT2D eigenvalue weighted by atomic mass is 9.94. The van der Waals surface area contributed by atoms with Crippen molar-refractivity contribution in [2.24, 2.45) is 0 Å². The first-order valence-electron chi connectivity index (χ1n) is 8.35. The molecule has 0 spiro atoms. The van der Waals surface area contributed by atoms with Gasteiger partial charge >= 0.3 is 0 Å². The SMILES string of the molecule is CCCNC(c1ccccc1)C(CC)N(C)C1CCOC1. The van der Waals surface area contributed by atoms with Crippen molar-refractivity contribution in [3.05, 3.63) is 35.9 Å². The van der Waals surface area contributed by atoms with Crippen LogP contribution in [-0.2, 0) is 4.74 Å². The normalized spacial score (nSPS) is 21.6. The minimum Gasteiger partial charge on any atom is -0.380 e. The lowest BCUT2D eigenvalue weighted by molar-refractivity contribution is 0.110. The zero-order valence-electron chi connectivity index (χ0n) is 13.7. The fraction of sp³-hybridized carbons (Fsp3) is 0.667. The van der Waals surface area contributed by atoms with Crippen LogP contribution < -0.4 is 5.32 Å². The third kappa shape index (κ3) is 4.29. The monoisotopic (exact) mass is 290 g/mol. The first-order valence-corrected chi connectivity index (χ1v) is 8.35. The molecule has 3 atom stereocenters. The number of hydrogen-bond donors (Lipinski definition) is 1. The standard InChI is InChI=1S/C18H30N2O/c1-4-12-19-18(15-9-7-6-8-10-15)17(5-2)20(3)16-11-13-21-14-16/h6-10,16-19H,4-5,11-14H2,1-3H3. The number of hydrogen-bond acceptors (Lipinski definition) is 3. The molecule has 1 fully saturated rings. The van der Waals surface area contributed by atoms with E-state index in [1.165, 1.54) is 5.56 Å². The first kappa shape index (κ1) is 16.5. The van der Waals surface area contributed by atoms with Crippen LogP contribution in [0.1, 0.15) is 44.7 Å². The zero-order chi connectivity index (χ0) is 15.1. The van der Waals surface area contributed by atoms with Gasteiger partial charge in [-0.3, -0.25) is 4.90 Å². The van der Waals surface area contributed by atoms with Crippen LogP contribution in [0, 0.1) is 0 Å². The van der Waals surface area contributed by atoms with Gasteiger partial charge in [-0.1, -0.05) is 44.2 Å². The molecule has 1 aliphatic rings. The maximum Gasteiger partial charge on any atom is 0.0622 e. The molecule has 0 amide bonds. The Balaban J connectivity index is 2.15. The van der Waals surface area contributed by atoms with Gasteiger partial charge < -0.3 is 10.1 Å². The minimum absolute atomic E-state index is 0.391. The number of nitrogens with zero attached hydrogens (tertiary/aromatic N) is 1. The Morgan fingerprint density at radius 2 is 2.05 bits per heavy atom. The van der Waals surface area contributed by atoms with E-state index in [2.05, 4.69) is 61.4 Å². The quantitative estimate of drug-likeness (QED) is 0.795. The summed E-state index contributed by atoms with van der Waals surface area (Å²) < 4.78 is 5.58. The van der Waals surface area contributed by atoms with Crippen molar-refractivity contribution < 1.29 is 4.74 Å². The van der Waals surface area contributed by atoms with E-state index in [0.717, 1.165) is 39.0 Å². The number of nitrogens with one attached hydrogen (secondary N) is 1. The van der Waals surface area contributed by atoms with Crippen LogP contribution >= 0.6 is 0 Å². The zero-order valence-corrected chi connectivity index (χ0v) is 13.7. The third-order valence-electron chi connectivity index (χ3n) is 4.58. The predicted molar refractivity (Wildman–Crippen MR) is 88.5 cm³/mol. The van der Waals surface area contributed by atoms with Crippen molar-refractivity contribution in [3.8, 4) is 0 Å². The van der Waals surface area contributed by atoms with Crippen molar-refractivity contribution in [1.82, 2.24) is 10.2 Å². The van der Waals surface area contributed by atoms with E-state index in [0.29, 0.717) is 18.1 Å². The van der Waals surface area contributed by atoms with E-state index >= 15 is 0 Å². The van der Waals surface area contributed by atoms with Gasteiger partial charge in [0.2, 0.25) is 0 Å². The number of likely N-dealkylation sites (N-methyl/N-ethyl adjacent to an activating group) is 1. The molecule has 0 bridgehead atoms. The topological polar surface area (TPSA) is 24.5 Å². The summed E-state index contributed by atoms with van der Waals surface area (Å²) >= 11 is 0. The number of ether oxygens (including phenoxy) is 1. The highest BCUT2D eigenvalue weighted by molar-refractivity contribution is 5.21. The van der Waals surface area contributed by atoms with Crippen LogP contribution in [-0.4, -0.2) is 43.8 Å². The molecule has 3 heteroatoms. The Kier molecular flexibility index (Phi) is 6.68. The summed E-state index contributed by atoms with van der Waals surface area (Å²) in [5.41, 5.74) is 1.39. The molecular formula is C18H30N2O. The van der Waals surface area contributed by atoms with Crippen LogP contribution in [0.2, 0.25) is 0 Å². The van der Waals surface area contributed by atoms with E-state index < -0.39 is 0 Å². The summed E-state index contributed by atoms with van der Waals surface area (Å²) in [5, 5.41) is 3.76. The molecule has 1 aromatic carbocycles. The molecular weight excluding hydrogens is 260 g/mol. The molecule has 3 unspecified atom stereocenters. The summed E-state index contributed by atoms with van der Waals surface area (Å²) in [6.07, 6.45) is 3.46. The molecule has 1 saturated heterocycles. The molecule has 21 heavy (non-hydrogen) atoms. The van der Waals surface area contributed by atoms with E-state index in [1.807, 2.05) is 0 Å². The minimum atomic E-state index is 0.391. The van der Waals surface area contributed by atoms with Crippen LogP contribution in [0.4, 0.5) is 0 Å². The van der Waals surface area contributed by atoms with Crippen LogP contribution in [0.3, 0.4) is 0 Å². The first-order chi connectivity index (χ1) is 10.3. The highest BCUT2D eigenvalue weighted by Gasteiger charge is 2.30. The Bertz CT molecular complexity index is 389. The number of rotatable bonds is 8. The summed E-state index contributed by atoms with van der Waals surface area (Å²) in [6.45, 7) is 7.36. The third-order valence-corrected chi connectivity index (χ3v) is 4.58. The second-order valence-corrected chi connectivity index (χ2v) is 6.00. The van der Waals surface area contributed by atoms with E-state index in [1.54, 1.807) is 0 Å². The van der Waals surface area contributed by atoms with E-state index in [-0.39, 0.29) is 0 Å². The summed E-state index contributed by atoms with van der Waals surface area (Å²) in [4.78, 5) is 2.54. The molecule has 1 aromatic rings. The Hall–Kier alpha value is -0.900. The molecule has 118 valence electrons. The summed E-state index contributed by atoms with van der Waals surface area (Å²) in [7, 11) is 2.26. The summed E-state index contributed by atoms with van der Waals surface area (Å²) in [6, 6.07) is 12.3. The molecule has 0 aliphatic carbocycles. The largest absolute Gasteiger partial charge is 0.380 e. The highest BCUT2D eigenvalue weighted by atomic mass is 16.5. The van der Waals surface area contributed by atoms with Gasteiger partial charge in [0.1, 0.15) is 0 Å². The maximum absolute atomic E-state index is 5.58. The Morgan fingerprint density at radius 3 is 2.62 bits per heavy atom. The molecule has 2 rings (SSSR count). The van der Waals surface area contributed by atoms with Gasteiger partial charge in [-0.05, 0) is 38.4 Å². The van der Waals surface area contributed by atoms with Gasteiger partial charge in [0, 0.05) is 24.7 Å². The van der Waals surface area contributed by atoms with Crippen molar-refractivity contribution >= 4 is 0 Å². The Morgan fingerprint density at radius 1 is 1.29 bits per heavy atom. The average molecular weight is 290 g/mol. The molecule has 1 heterocycles. The lowest BCUT2D eigenvalue weighted by Gasteiger charge is -2.38. The van der Waals surface area contributed by atoms with Crippen molar-refractivity contribution in [2.75, 3.05) is 26.8 Å². The summed E-state index contributed by atoms with van der Waals surface area (Å²) in [5.74, 6) is 0. The van der Waals surface area contributed by atoms with E-state index in [4.69, 9.17) is 4.74 Å². The molecule has 0 aromatic heterocycles. The van der Waals surface area contributed by atoms with Gasteiger partial charge in [-0.15, -0.1) is 0 Å². The predicted octanol–water partition coefficient (Wildman–Crippen LogP) is 3.23. The van der Waals surface area contributed by atoms with Crippen molar-refractivity contribution in [3.63, 3.8) is 0 Å². The van der Waals surface area contributed by atoms with Gasteiger partial charge in [0.15, 0.2) is 0 Å². The van der Waals surface area contributed by atoms with Crippen molar-refractivity contribution in [2.45, 2.75) is 51.2 Å². The molecule has 0 radical (unpaired) electrons. The molecule has 3 nitrogen and oxygen atoms in total. The second kappa shape index (κ2) is 8.52. The highest BCUT2D eigenvalue weighted by Crippen LogP contribution is 2.26. The fourth-order valence-corrected chi connectivity index (χ4v) is 3.31. The number of benzene rings is 1. The van der Waals surface area contributed by atoms with Crippen LogP contribution in [0.5, 0.6) is 0 Å². The molecule has 1 N–H and O–H groups in total. The van der Waals surface area contributed by atoms with E-state index in [9.17, 15) is 0 Å². The molecule has 1 aliphatic heterocycles. The maximum atomic E-state index is 5.58. The molecule has 0 saturated carbocycles. The average Bonchev–Trinajstić information content (AvgIpc) is 3.06.